The Bertz CT molecular complexity index is 798. The lowest BCUT2D eigenvalue weighted by atomic mass is 9.88. The summed E-state index contributed by atoms with van der Waals surface area (Å²) >= 11 is 0. The molecule has 0 atom stereocenters. The van der Waals surface area contributed by atoms with Gasteiger partial charge in [-0.3, -0.25) is 4.79 Å². The van der Waals surface area contributed by atoms with E-state index in [0.717, 1.165) is 0 Å². The van der Waals surface area contributed by atoms with Gasteiger partial charge in [-0.1, -0.05) is 62.4 Å². The molecule has 2 N–H and O–H groups in total. The van der Waals surface area contributed by atoms with Crippen molar-refractivity contribution in [1.82, 2.24) is 5.32 Å². The second-order valence-corrected chi connectivity index (χ2v) is 7.74. The van der Waals surface area contributed by atoms with Gasteiger partial charge in [0.05, 0.1) is 0 Å². The number of hydrogen-bond donors (Lipinski definition) is 2. The van der Waals surface area contributed by atoms with Crippen molar-refractivity contribution in [2.45, 2.75) is 32.6 Å². The van der Waals surface area contributed by atoms with Crippen LogP contribution >= 0.6 is 0 Å². The normalized spacial score (nSPS) is 13.0. The standard InChI is InChI=1S/C22H25NO4/c1-22(2,12-11-20(24)25)14-23-21(26)27-13-19-17-9-5-3-7-15(17)16-8-4-6-10-18(16)19/h3-10,19H,11-14H2,1-2H3,(H,23,26)(H,24,25). The van der Waals surface area contributed by atoms with E-state index >= 15 is 0 Å². The first-order valence-corrected chi connectivity index (χ1v) is 9.18. The number of carboxylic acid groups (broad SMARTS) is 1. The molecule has 2 aromatic carbocycles. The van der Waals surface area contributed by atoms with Crippen LogP contribution < -0.4 is 5.32 Å². The number of fused-ring (bicyclic) bond motifs is 3. The third kappa shape index (κ3) is 4.48. The molecule has 0 radical (unpaired) electrons. The van der Waals surface area contributed by atoms with Gasteiger partial charge in [0.1, 0.15) is 6.61 Å². The molecule has 2 aromatic rings. The largest absolute Gasteiger partial charge is 0.481 e. The summed E-state index contributed by atoms with van der Waals surface area (Å²) < 4.78 is 5.49. The minimum atomic E-state index is -0.829. The number of carbonyl (C=O) groups is 2. The van der Waals surface area contributed by atoms with E-state index in [1.807, 2.05) is 38.1 Å². The maximum absolute atomic E-state index is 12.2. The summed E-state index contributed by atoms with van der Waals surface area (Å²) in [5.41, 5.74) is 4.43. The summed E-state index contributed by atoms with van der Waals surface area (Å²) in [7, 11) is 0. The van der Waals surface area contributed by atoms with Crippen LogP contribution in [0.25, 0.3) is 11.1 Å². The maximum Gasteiger partial charge on any atom is 0.407 e. The van der Waals surface area contributed by atoms with E-state index in [1.54, 1.807) is 0 Å². The molecule has 1 aliphatic rings. The minimum Gasteiger partial charge on any atom is -0.481 e. The second-order valence-electron chi connectivity index (χ2n) is 7.74. The van der Waals surface area contributed by atoms with Gasteiger partial charge in [-0.2, -0.15) is 0 Å². The summed E-state index contributed by atoms with van der Waals surface area (Å²) in [4.78, 5) is 22.9. The molecule has 5 heteroatoms. The molecule has 1 aliphatic carbocycles. The predicted molar refractivity (Wildman–Crippen MR) is 104 cm³/mol. The van der Waals surface area contributed by atoms with Crippen molar-refractivity contribution in [1.29, 1.82) is 0 Å². The van der Waals surface area contributed by atoms with Crippen molar-refractivity contribution < 1.29 is 19.4 Å². The Morgan fingerprint density at radius 1 is 1.04 bits per heavy atom. The van der Waals surface area contributed by atoms with Gasteiger partial charge in [0.25, 0.3) is 0 Å². The number of nitrogens with one attached hydrogen (secondary N) is 1. The first-order chi connectivity index (χ1) is 12.9. The van der Waals surface area contributed by atoms with Crippen molar-refractivity contribution >= 4 is 12.1 Å². The molecule has 142 valence electrons. The summed E-state index contributed by atoms with van der Waals surface area (Å²) in [6.07, 6.45) is 0.103. The quantitative estimate of drug-likeness (QED) is 0.760. The van der Waals surface area contributed by atoms with Crippen LogP contribution in [0.5, 0.6) is 0 Å². The Labute approximate surface area is 159 Å². The number of carboxylic acids is 1. The maximum atomic E-state index is 12.2. The van der Waals surface area contributed by atoms with E-state index in [4.69, 9.17) is 9.84 Å². The minimum absolute atomic E-state index is 0.0307. The third-order valence-corrected chi connectivity index (χ3v) is 5.07. The van der Waals surface area contributed by atoms with E-state index in [-0.39, 0.29) is 24.4 Å². The Hall–Kier alpha value is -2.82. The van der Waals surface area contributed by atoms with E-state index < -0.39 is 12.1 Å². The fourth-order valence-corrected chi connectivity index (χ4v) is 3.49. The zero-order valence-corrected chi connectivity index (χ0v) is 15.7. The monoisotopic (exact) mass is 367 g/mol. The van der Waals surface area contributed by atoms with Crippen molar-refractivity contribution in [3.8, 4) is 11.1 Å². The zero-order valence-electron chi connectivity index (χ0n) is 15.7. The van der Waals surface area contributed by atoms with Gasteiger partial charge in [-0.05, 0) is 34.1 Å². The summed E-state index contributed by atoms with van der Waals surface area (Å²) in [6, 6.07) is 16.4. The molecule has 1 amide bonds. The van der Waals surface area contributed by atoms with E-state index in [0.29, 0.717) is 13.0 Å². The van der Waals surface area contributed by atoms with Gasteiger partial charge in [0.2, 0.25) is 0 Å². The van der Waals surface area contributed by atoms with Gasteiger partial charge in [-0.25, -0.2) is 4.79 Å². The number of benzene rings is 2. The van der Waals surface area contributed by atoms with Crippen LogP contribution in [0, 0.1) is 5.41 Å². The van der Waals surface area contributed by atoms with E-state index in [1.165, 1.54) is 22.3 Å². The van der Waals surface area contributed by atoms with E-state index in [9.17, 15) is 9.59 Å². The molecule has 0 aromatic heterocycles. The van der Waals surface area contributed by atoms with Gasteiger partial charge in [0, 0.05) is 18.9 Å². The predicted octanol–water partition coefficient (Wildman–Crippen LogP) is 4.42. The highest BCUT2D eigenvalue weighted by atomic mass is 16.5. The molecular formula is C22H25NO4. The van der Waals surface area contributed by atoms with Gasteiger partial charge >= 0.3 is 12.1 Å². The van der Waals surface area contributed by atoms with Crippen LogP contribution in [0.2, 0.25) is 0 Å². The SMILES string of the molecule is CC(C)(CCC(=O)O)CNC(=O)OCC1c2ccccc2-c2ccccc21. The highest BCUT2D eigenvalue weighted by Gasteiger charge is 2.29. The fourth-order valence-electron chi connectivity index (χ4n) is 3.49. The van der Waals surface area contributed by atoms with Crippen LogP contribution in [-0.4, -0.2) is 30.3 Å². The Morgan fingerprint density at radius 2 is 1.59 bits per heavy atom. The molecule has 0 saturated heterocycles. The van der Waals surface area contributed by atoms with Crippen molar-refractivity contribution in [3.05, 3.63) is 59.7 Å². The number of ether oxygens (including phenoxy) is 1. The molecule has 0 fully saturated rings. The van der Waals surface area contributed by atoms with Gasteiger partial charge in [-0.15, -0.1) is 0 Å². The number of hydrogen-bond acceptors (Lipinski definition) is 3. The average Bonchev–Trinajstić information content (AvgIpc) is 2.97. The highest BCUT2D eigenvalue weighted by molar-refractivity contribution is 5.79. The molecule has 0 spiro atoms. The fraction of sp³-hybridized carbons (Fsp3) is 0.364. The Balaban J connectivity index is 1.59. The van der Waals surface area contributed by atoms with E-state index in [2.05, 4.69) is 29.6 Å². The van der Waals surface area contributed by atoms with Crippen LogP contribution in [0.15, 0.2) is 48.5 Å². The number of rotatable bonds is 7. The van der Waals surface area contributed by atoms with Crippen molar-refractivity contribution in [2.75, 3.05) is 13.2 Å². The topological polar surface area (TPSA) is 75.6 Å². The molecule has 27 heavy (non-hydrogen) atoms. The number of aliphatic carboxylic acids is 1. The molecule has 0 aliphatic heterocycles. The van der Waals surface area contributed by atoms with Gasteiger partial charge < -0.3 is 15.2 Å². The molecule has 0 heterocycles. The van der Waals surface area contributed by atoms with Crippen LogP contribution in [0.4, 0.5) is 4.79 Å². The third-order valence-electron chi connectivity index (χ3n) is 5.07. The molecule has 0 saturated carbocycles. The highest BCUT2D eigenvalue weighted by Crippen LogP contribution is 2.44. The average molecular weight is 367 g/mol. The lowest BCUT2D eigenvalue weighted by molar-refractivity contribution is -0.137. The van der Waals surface area contributed by atoms with Crippen molar-refractivity contribution in [3.63, 3.8) is 0 Å². The molecule has 5 nitrogen and oxygen atoms in total. The summed E-state index contributed by atoms with van der Waals surface area (Å²) in [5, 5.41) is 11.6. The lowest BCUT2D eigenvalue weighted by Gasteiger charge is -2.24. The smallest absolute Gasteiger partial charge is 0.407 e. The summed E-state index contributed by atoms with van der Waals surface area (Å²) in [6.45, 7) is 4.51. The van der Waals surface area contributed by atoms with Crippen LogP contribution in [0.3, 0.4) is 0 Å². The summed E-state index contributed by atoms with van der Waals surface area (Å²) in [5.74, 6) is -0.799. The molecular weight excluding hydrogens is 342 g/mol. The zero-order chi connectivity index (χ0) is 19.4. The molecule has 0 unspecified atom stereocenters. The number of alkyl carbamates (subject to hydrolysis) is 1. The second kappa shape index (κ2) is 7.82. The first kappa shape index (κ1) is 19.0. The molecule has 3 rings (SSSR count). The molecule has 0 bridgehead atoms. The Kier molecular flexibility index (Phi) is 5.49. The first-order valence-electron chi connectivity index (χ1n) is 9.18. The number of amides is 1. The van der Waals surface area contributed by atoms with Crippen LogP contribution in [-0.2, 0) is 9.53 Å². The van der Waals surface area contributed by atoms with Crippen LogP contribution in [0.1, 0.15) is 43.7 Å². The lowest BCUT2D eigenvalue weighted by Crippen LogP contribution is -2.35. The Morgan fingerprint density at radius 3 is 2.15 bits per heavy atom. The van der Waals surface area contributed by atoms with Gasteiger partial charge in [0.15, 0.2) is 0 Å². The van der Waals surface area contributed by atoms with Crippen molar-refractivity contribution in [2.24, 2.45) is 5.41 Å². The number of carbonyl (C=O) groups excluding carboxylic acids is 1.